The van der Waals surface area contributed by atoms with Gasteiger partial charge in [0.1, 0.15) is 0 Å². The normalized spacial score (nSPS) is 19.2. The Kier molecular flexibility index (Phi) is 2.73. The van der Waals surface area contributed by atoms with Crippen molar-refractivity contribution in [1.29, 1.82) is 0 Å². The number of hydrogen-bond acceptors (Lipinski definition) is 2. The van der Waals surface area contributed by atoms with E-state index in [9.17, 15) is 0 Å². The van der Waals surface area contributed by atoms with Gasteiger partial charge in [-0.2, -0.15) is 0 Å². The van der Waals surface area contributed by atoms with E-state index in [-0.39, 0.29) is 6.04 Å². The van der Waals surface area contributed by atoms with Crippen molar-refractivity contribution in [2.45, 2.75) is 38.3 Å². The number of H-pyrrole nitrogens is 1. The second kappa shape index (κ2) is 4.37. The monoisotopic (exact) mass is 230 g/mol. The number of rotatable bonds is 3. The van der Waals surface area contributed by atoms with Crippen LogP contribution in [-0.2, 0) is 19.4 Å². The van der Waals surface area contributed by atoms with E-state index in [1.54, 1.807) is 6.33 Å². The summed E-state index contributed by atoms with van der Waals surface area (Å²) < 4.78 is 2.34. The molecule has 4 nitrogen and oxygen atoms in total. The van der Waals surface area contributed by atoms with Crippen LogP contribution in [-0.4, -0.2) is 14.5 Å². The maximum absolute atomic E-state index is 6.12. The number of nitrogens with zero attached hydrogens (tertiary/aromatic N) is 2. The van der Waals surface area contributed by atoms with Gasteiger partial charge in [-0.3, -0.25) is 0 Å². The molecular formula is C13H18N4. The number of aromatic amines is 1. The van der Waals surface area contributed by atoms with E-state index in [2.05, 4.69) is 26.8 Å². The molecule has 1 aliphatic carbocycles. The summed E-state index contributed by atoms with van der Waals surface area (Å²) in [5, 5.41) is 0. The quantitative estimate of drug-likeness (QED) is 0.844. The molecule has 3 rings (SSSR count). The lowest BCUT2D eigenvalue weighted by molar-refractivity contribution is 0.538. The number of imidazole rings is 1. The molecule has 2 heterocycles. The van der Waals surface area contributed by atoms with Crippen molar-refractivity contribution >= 4 is 0 Å². The SMILES string of the molecule is NC1CCCc2c1ccn2CCc1cnc[nH]1. The van der Waals surface area contributed by atoms with Crippen LogP contribution in [0.5, 0.6) is 0 Å². The molecule has 1 unspecified atom stereocenters. The molecule has 0 bridgehead atoms. The maximum atomic E-state index is 6.12. The third-order valence-electron chi connectivity index (χ3n) is 3.62. The molecule has 0 radical (unpaired) electrons. The van der Waals surface area contributed by atoms with Gasteiger partial charge in [-0.25, -0.2) is 4.98 Å². The molecule has 0 aliphatic heterocycles. The number of nitrogens with one attached hydrogen (secondary N) is 1. The van der Waals surface area contributed by atoms with E-state index in [4.69, 9.17) is 5.73 Å². The second-order valence-corrected chi connectivity index (χ2v) is 4.74. The first-order valence-electron chi connectivity index (χ1n) is 6.25. The predicted octanol–water partition coefficient (Wildman–Crippen LogP) is 1.79. The smallest absolute Gasteiger partial charge is 0.0921 e. The zero-order valence-electron chi connectivity index (χ0n) is 9.89. The fourth-order valence-corrected chi connectivity index (χ4v) is 2.66. The lowest BCUT2D eigenvalue weighted by Gasteiger charge is -2.20. The average molecular weight is 230 g/mol. The van der Waals surface area contributed by atoms with Crippen molar-refractivity contribution in [3.05, 3.63) is 41.7 Å². The first kappa shape index (κ1) is 10.6. The van der Waals surface area contributed by atoms with Crippen LogP contribution in [0.1, 0.15) is 35.8 Å². The minimum atomic E-state index is 0.243. The van der Waals surface area contributed by atoms with Crippen molar-refractivity contribution in [1.82, 2.24) is 14.5 Å². The lowest BCUT2D eigenvalue weighted by Crippen LogP contribution is -2.18. The van der Waals surface area contributed by atoms with Crippen LogP contribution in [0.25, 0.3) is 0 Å². The van der Waals surface area contributed by atoms with Crippen molar-refractivity contribution in [2.75, 3.05) is 0 Å². The number of aromatic nitrogens is 3. The second-order valence-electron chi connectivity index (χ2n) is 4.74. The Morgan fingerprint density at radius 3 is 3.29 bits per heavy atom. The van der Waals surface area contributed by atoms with E-state index in [1.807, 2.05) is 6.20 Å². The minimum Gasteiger partial charge on any atom is -0.351 e. The summed E-state index contributed by atoms with van der Waals surface area (Å²) >= 11 is 0. The molecule has 17 heavy (non-hydrogen) atoms. The van der Waals surface area contributed by atoms with Crippen LogP contribution < -0.4 is 5.73 Å². The molecule has 4 heteroatoms. The van der Waals surface area contributed by atoms with Gasteiger partial charge >= 0.3 is 0 Å². The van der Waals surface area contributed by atoms with Gasteiger partial charge in [-0.15, -0.1) is 0 Å². The third-order valence-corrected chi connectivity index (χ3v) is 3.62. The summed E-state index contributed by atoms with van der Waals surface area (Å²) in [5.41, 5.74) is 10.1. The summed E-state index contributed by atoms with van der Waals surface area (Å²) in [4.78, 5) is 7.18. The predicted molar refractivity (Wildman–Crippen MR) is 66.6 cm³/mol. The molecule has 0 fully saturated rings. The first-order chi connectivity index (χ1) is 8.34. The van der Waals surface area contributed by atoms with E-state index in [0.29, 0.717) is 0 Å². The summed E-state index contributed by atoms with van der Waals surface area (Å²) in [6.07, 6.45) is 10.3. The largest absolute Gasteiger partial charge is 0.351 e. The number of nitrogens with two attached hydrogens (primary N) is 1. The minimum absolute atomic E-state index is 0.243. The van der Waals surface area contributed by atoms with E-state index >= 15 is 0 Å². The first-order valence-corrected chi connectivity index (χ1v) is 6.25. The molecule has 3 N–H and O–H groups in total. The lowest BCUT2D eigenvalue weighted by atomic mass is 9.94. The van der Waals surface area contributed by atoms with E-state index < -0.39 is 0 Å². The van der Waals surface area contributed by atoms with Crippen molar-refractivity contribution in [3.63, 3.8) is 0 Å². The molecular weight excluding hydrogens is 212 g/mol. The van der Waals surface area contributed by atoms with Gasteiger partial charge in [0, 0.05) is 42.8 Å². The van der Waals surface area contributed by atoms with Gasteiger partial charge in [-0.1, -0.05) is 0 Å². The van der Waals surface area contributed by atoms with Gasteiger partial charge in [0.05, 0.1) is 6.33 Å². The van der Waals surface area contributed by atoms with Gasteiger partial charge in [0.25, 0.3) is 0 Å². The molecule has 0 spiro atoms. The van der Waals surface area contributed by atoms with Crippen LogP contribution in [0, 0.1) is 0 Å². The van der Waals surface area contributed by atoms with Gasteiger partial charge < -0.3 is 15.3 Å². The molecule has 0 saturated carbocycles. The Hall–Kier alpha value is -1.55. The number of hydrogen-bond donors (Lipinski definition) is 2. The van der Waals surface area contributed by atoms with Crippen LogP contribution in [0.4, 0.5) is 0 Å². The fraction of sp³-hybridized carbons (Fsp3) is 0.462. The van der Waals surface area contributed by atoms with Gasteiger partial charge in [0.15, 0.2) is 0 Å². The Bertz CT molecular complexity index is 483. The standard InChI is InChI=1S/C13H18N4/c14-12-2-1-3-13-11(12)5-7-17(13)6-4-10-8-15-9-16-10/h5,7-9,12H,1-4,6,14H2,(H,15,16). The summed E-state index contributed by atoms with van der Waals surface area (Å²) in [6.45, 7) is 1.00. The average Bonchev–Trinajstić information content (AvgIpc) is 2.95. The fourth-order valence-electron chi connectivity index (χ4n) is 2.66. The van der Waals surface area contributed by atoms with Gasteiger partial charge in [0.2, 0.25) is 0 Å². The Morgan fingerprint density at radius 2 is 2.47 bits per heavy atom. The topological polar surface area (TPSA) is 59.6 Å². The molecule has 2 aromatic heterocycles. The Labute approximate surface area is 101 Å². The molecule has 0 amide bonds. The van der Waals surface area contributed by atoms with Crippen molar-refractivity contribution in [2.24, 2.45) is 5.73 Å². The van der Waals surface area contributed by atoms with Crippen LogP contribution in [0.15, 0.2) is 24.8 Å². The van der Waals surface area contributed by atoms with Crippen molar-refractivity contribution in [3.8, 4) is 0 Å². The highest BCUT2D eigenvalue weighted by Gasteiger charge is 2.19. The highest BCUT2D eigenvalue weighted by Crippen LogP contribution is 2.28. The molecule has 1 atom stereocenters. The summed E-state index contributed by atoms with van der Waals surface area (Å²) in [7, 11) is 0. The summed E-state index contributed by atoms with van der Waals surface area (Å²) in [6, 6.07) is 2.43. The molecule has 1 aliphatic rings. The number of aryl methyl sites for hydroxylation is 2. The molecule has 90 valence electrons. The van der Waals surface area contributed by atoms with Gasteiger partial charge in [-0.05, 0) is 30.9 Å². The van der Waals surface area contributed by atoms with Crippen LogP contribution in [0.2, 0.25) is 0 Å². The van der Waals surface area contributed by atoms with E-state index in [0.717, 1.165) is 19.4 Å². The van der Waals surface area contributed by atoms with E-state index in [1.165, 1.54) is 29.8 Å². The Balaban J connectivity index is 1.75. The highest BCUT2D eigenvalue weighted by molar-refractivity contribution is 5.28. The Morgan fingerprint density at radius 1 is 1.53 bits per heavy atom. The third kappa shape index (κ3) is 2.00. The molecule has 0 aromatic carbocycles. The van der Waals surface area contributed by atoms with Crippen LogP contribution >= 0.6 is 0 Å². The number of fused-ring (bicyclic) bond motifs is 1. The zero-order valence-corrected chi connectivity index (χ0v) is 9.89. The van der Waals surface area contributed by atoms with Crippen LogP contribution in [0.3, 0.4) is 0 Å². The summed E-state index contributed by atoms with van der Waals surface area (Å²) in [5.74, 6) is 0. The molecule has 2 aromatic rings. The maximum Gasteiger partial charge on any atom is 0.0921 e. The zero-order chi connectivity index (χ0) is 11.7. The molecule has 0 saturated heterocycles. The highest BCUT2D eigenvalue weighted by atomic mass is 15.0. The van der Waals surface area contributed by atoms with Crippen molar-refractivity contribution < 1.29 is 0 Å².